The van der Waals surface area contributed by atoms with Gasteiger partial charge in [0.15, 0.2) is 11.5 Å². The minimum Gasteiger partial charge on any atom is -0.492 e. The largest absolute Gasteiger partial charge is 0.492 e. The summed E-state index contributed by atoms with van der Waals surface area (Å²) in [6, 6.07) is 1.39. The van der Waals surface area contributed by atoms with E-state index in [1.165, 1.54) is 20.3 Å². The Labute approximate surface area is 115 Å². The Kier molecular flexibility index (Phi) is 3.82. The van der Waals surface area contributed by atoms with E-state index in [4.69, 9.17) is 15.2 Å². The van der Waals surface area contributed by atoms with Gasteiger partial charge in [-0.05, 0) is 34.8 Å². The predicted molar refractivity (Wildman–Crippen MR) is 71.5 cm³/mol. The summed E-state index contributed by atoms with van der Waals surface area (Å²) >= 11 is 3.27. The summed E-state index contributed by atoms with van der Waals surface area (Å²) in [7, 11) is 3.04. The molecule has 1 fully saturated rings. The second kappa shape index (κ2) is 5.05. The van der Waals surface area contributed by atoms with Gasteiger partial charge in [-0.3, -0.25) is 0 Å². The van der Waals surface area contributed by atoms with Crippen molar-refractivity contribution in [2.75, 3.05) is 14.2 Å². The smallest absolute Gasteiger partial charge is 0.175 e. The first kappa shape index (κ1) is 13.6. The highest BCUT2D eigenvalue weighted by Gasteiger charge is 2.38. The number of ether oxygens (including phenoxy) is 2. The van der Waals surface area contributed by atoms with E-state index < -0.39 is 5.54 Å². The monoisotopic (exact) mass is 317 g/mol. The van der Waals surface area contributed by atoms with Crippen LogP contribution < -0.4 is 15.2 Å². The molecule has 18 heavy (non-hydrogen) atoms. The van der Waals surface area contributed by atoms with Crippen molar-refractivity contribution >= 4 is 15.9 Å². The average Bonchev–Trinajstić information content (AvgIpc) is 2.75. The van der Waals surface area contributed by atoms with E-state index in [9.17, 15) is 4.39 Å². The number of rotatable bonds is 3. The number of hydrogen-bond donors (Lipinski definition) is 1. The van der Waals surface area contributed by atoms with Gasteiger partial charge in [-0.15, -0.1) is 0 Å². The first-order chi connectivity index (χ1) is 8.53. The highest BCUT2D eigenvalue weighted by molar-refractivity contribution is 9.10. The number of nitrogens with two attached hydrogens (primary N) is 1. The Bertz CT molecular complexity index is 459. The van der Waals surface area contributed by atoms with Crippen LogP contribution in [0.25, 0.3) is 0 Å². The summed E-state index contributed by atoms with van der Waals surface area (Å²) < 4.78 is 25.4. The van der Waals surface area contributed by atoms with E-state index in [0.29, 0.717) is 21.5 Å². The molecule has 0 bridgehead atoms. The molecule has 1 aliphatic carbocycles. The summed E-state index contributed by atoms with van der Waals surface area (Å²) in [5.74, 6) is 0.545. The zero-order valence-corrected chi connectivity index (χ0v) is 12.1. The summed E-state index contributed by atoms with van der Waals surface area (Å²) in [5, 5.41) is 0. The summed E-state index contributed by atoms with van der Waals surface area (Å²) in [4.78, 5) is 0. The fraction of sp³-hybridized carbons (Fsp3) is 0.538. The Hall–Kier alpha value is -0.810. The van der Waals surface area contributed by atoms with Crippen molar-refractivity contribution in [3.63, 3.8) is 0 Å². The van der Waals surface area contributed by atoms with Gasteiger partial charge in [-0.2, -0.15) is 0 Å². The van der Waals surface area contributed by atoms with E-state index in [0.717, 1.165) is 25.7 Å². The van der Waals surface area contributed by atoms with Crippen molar-refractivity contribution in [2.24, 2.45) is 5.73 Å². The van der Waals surface area contributed by atoms with Gasteiger partial charge in [0.05, 0.1) is 24.3 Å². The lowest BCUT2D eigenvalue weighted by molar-refractivity contribution is 0.327. The maximum absolute atomic E-state index is 14.3. The zero-order valence-electron chi connectivity index (χ0n) is 10.6. The standard InChI is InChI=1S/C13H17BrFNO2/c1-17-11-8(14)7-9(15)10(12(11)18-2)13(16)5-3-4-6-13/h7H,3-6,16H2,1-2H3. The van der Waals surface area contributed by atoms with E-state index >= 15 is 0 Å². The van der Waals surface area contributed by atoms with Crippen LogP contribution in [0.1, 0.15) is 31.2 Å². The molecule has 1 aliphatic rings. The molecule has 0 aliphatic heterocycles. The molecule has 0 atom stereocenters. The Morgan fingerprint density at radius 1 is 1.22 bits per heavy atom. The normalized spacial score (nSPS) is 17.8. The highest BCUT2D eigenvalue weighted by atomic mass is 79.9. The lowest BCUT2D eigenvalue weighted by Crippen LogP contribution is -2.34. The first-order valence-electron chi connectivity index (χ1n) is 5.93. The molecule has 100 valence electrons. The van der Waals surface area contributed by atoms with Crippen molar-refractivity contribution in [1.29, 1.82) is 0 Å². The van der Waals surface area contributed by atoms with E-state index in [1.807, 2.05) is 0 Å². The van der Waals surface area contributed by atoms with Gasteiger partial charge < -0.3 is 15.2 Å². The second-order valence-corrected chi connectivity index (χ2v) is 5.50. The summed E-state index contributed by atoms with van der Waals surface area (Å²) in [6.45, 7) is 0. The topological polar surface area (TPSA) is 44.5 Å². The summed E-state index contributed by atoms with van der Waals surface area (Å²) in [5.41, 5.74) is 6.12. The third-order valence-corrected chi connectivity index (χ3v) is 4.13. The quantitative estimate of drug-likeness (QED) is 0.930. The van der Waals surface area contributed by atoms with E-state index in [-0.39, 0.29) is 5.82 Å². The van der Waals surface area contributed by atoms with Crippen LogP contribution in [0.5, 0.6) is 11.5 Å². The van der Waals surface area contributed by atoms with Crippen LogP contribution in [0.2, 0.25) is 0 Å². The number of benzene rings is 1. The number of methoxy groups -OCH3 is 2. The molecule has 5 heteroatoms. The van der Waals surface area contributed by atoms with Gasteiger partial charge in [-0.25, -0.2) is 4.39 Å². The van der Waals surface area contributed by atoms with Crippen molar-refractivity contribution in [1.82, 2.24) is 0 Å². The number of hydrogen-bond acceptors (Lipinski definition) is 3. The average molecular weight is 318 g/mol. The van der Waals surface area contributed by atoms with Crippen LogP contribution in [0, 0.1) is 5.82 Å². The Morgan fingerprint density at radius 3 is 2.28 bits per heavy atom. The fourth-order valence-electron chi connectivity index (χ4n) is 2.68. The minimum absolute atomic E-state index is 0.344. The molecule has 0 unspecified atom stereocenters. The van der Waals surface area contributed by atoms with Crippen molar-refractivity contribution in [2.45, 2.75) is 31.2 Å². The van der Waals surface area contributed by atoms with Crippen LogP contribution in [-0.4, -0.2) is 14.2 Å². The molecule has 0 saturated heterocycles. The predicted octanol–water partition coefficient (Wildman–Crippen LogP) is 3.33. The molecule has 0 amide bonds. The lowest BCUT2D eigenvalue weighted by Gasteiger charge is -2.28. The van der Waals surface area contributed by atoms with Gasteiger partial charge in [-0.1, -0.05) is 12.8 Å². The van der Waals surface area contributed by atoms with Gasteiger partial charge >= 0.3 is 0 Å². The third kappa shape index (κ3) is 2.10. The third-order valence-electron chi connectivity index (χ3n) is 3.54. The molecule has 3 nitrogen and oxygen atoms in total. The maximum atomic E-state index is 14.3. The van der Waals surface area contributed by atoms with Gasteiger partial charge in [0.1, 0.15) is 5.82 Å². The molecule has 1 aromatic carbocycles. The zero-order chi connectivity index (χ0) is 13.3. The van der Waals surface area contributed by atoms with Crippen molar-refractivity contribution < 1.29 is 13.9 Å². The van der Waals surface area contributed by atoms with Crippen LogP contribution in [0.3, 0.4) is 0 Å². The van der Waals surface area contributed by atoms with Crippen LogP contribution in [-0.2, 0) is 5.54 Å². The molecular weight excluding hydrogens is 301 g/mol. The van der Waals surface area contributed by atoms with E-state index in [2.05, 4.69) is 15.9 Å². The van der Waals surface area contributed by atoms with Gasteiger partial charge in [0, 0.05) is 5.54 Å². The summed E-state index contributed by atoms with van der Waals surface area (Å²) in [6.07, 6.45) is 3.56. The van der Waals surface area contributed by atoms with E-state index in [1.54, 1.807) is 0 Å². The number of halogens is 2. The Morgan fingerprint density at radius 2 is 1.78 bits per heavy atom. The Balaban J connectivity index is 2.65. The maximum Gasteiger partial charge on any atom is 0.175 e. The van der Waals surface area contributed by atoms with Crippen LogP contribution in [0.4, 0.5) is 4.39 Å². The lowest BCUT2D eigenvalue weighted by atomic mass is 9.88. The molecule has 0 aromatic heterocycles. The molecule has 2 N–H and O–H groups in total. The van der Waals surface area contributed by atoms with Crippen molar-refractivity contribution in [3.05, 3.63) is 21.9 Å². The van der Waals surface area contributed by atoms with Crippen molar-refractivity contribution in [3.8, 4) is 11.5 Å². The van der Waals surface area contributed by atoms with Gasteiger partial charge in [0.2, 0.25) is 0 Å². The van der Waals surface area contributed by atoms with Gasteiger partial charge in [0.25, 0.3) is 0 Å². The van der Waals surface area contributed by atoms with Crippen LogP contribution in [0.15, 0.2) is 10.5 Å². The molecule has 2 rings (SSSR count). The minimum atomic E-state index is -0.649. The second-order valence-electron chi connectivity index (χ2n) is 4.64. The molecule has 0 spiro atoms. The molecular formula is C13H17BrFNO2. The van der Waals surface area contributed by atoms with Crippen LogP contribution >= 0.6 is 15.9 Å². The first-order valence-corrected chi connectivity index (χ1v) is 6.72. The molecule has 0 heterocycles. The molecule has 0 radical (unpaired) electrons. The SMILES string of the molecule is COc1c(Br)cc(F)c(C2(N)CCCC2)c1OC. The molecule has 1 aromatic rings. The highest BCUT2D eigenvalue weighted by Crippen LogP contribution is 2.48. The molecule has 1 saturated carbocycles. The fourth-order valence-corrected chi connectivity index (χ4v) is 3.23.